The number of carbonyl (C=O) groups excluding carboxylic acids is 2. The fourth-order valence-electron chi connectivity index (χ4n) is 1.74. The van der Waals surface area contributed by atoms with Gasteiger partial charge in [-0.2, -0.15) is 0 Å². The second kappa shape index (κ2) is 18.1. The highest BCUT2D eigenvalue weighted by molar-refractivity contribution is 5.75. The van der Waals surface area contributed by atoms with Crippen molar-refractivity contribution in [1.29, 1.82) is 0 Å². The third kappa shape index (κ3) is 14.4. The van der Waals surface area contributed by atoms with Crippen LogP contribution in [0.5, 0.6) is 0 Å². The van der Waals surface area contributed by atoms with Crippen LogP contribution in [0.2, 0.25) is 0 Å². The van der Waals surface area contributed by atoms with Crippen molar-refractivity contribution < 1.29 is 38.0 Å². The molecule has 0 fully saturated rings. The number of ether oxygens (including phenoxy) is 6. The molecule has 8 nitrogen and oxygen atoms in total. The van der Waals surface area contributed by atoms with Crippen LogP contribution in [0.15, 0.2) is 0 Å². The van der Waals surface area contributed by atoms with Crippen LogP contribution in [0, 0.1) is 0 Å². The molecule has 0 rings (SSSR count). The van der Waals surface area contributed by atoms with Crippen molar-refractivity contribution in [3.8, 4) is 0 Å². The predicted molar refractivity (Wildman–Crippen MR) is 85.8 cm³/mol. The Balaban J connectivity index is 3.69. The van der Waals surface area contributed by atoms with Gasteiger partial charge >= 0.3 is 5.97 Å². The Labute approximate surface area is 143 Å². The van der Waals surface area contributed by atoms with E-state index in [9.17, 15) is 9.59 Å². The number of rotatable bonds is 18. The standard InChI is InChI=1S/C16H30O8/c1-19-10-12-21-7-3-4-9-23-16(18)15(24-14-17)6-5-8-22-13-11-20-2/h14-15H,3-13H2,1-2H3. The minimum atomic E-state index is -0.883. The van der Waals surface area contributed by atoms with E-state index >= 15 is 0 Å². The van der Waals surface area contributed by atoms with Gasteiger partial charge in [0, 0.05) is 27.4 Å². The lowest BCUT2D eigenvalue weighted by molar-refractivity contribution is -0.162. The average molecular weight is 350 g/mol. The molecule has 0 spiro atoms. The van der Waals surface area contributed by atoms with E-state index < -0.39 is 12.1 Å². The van der Waals surface area contributed by atoms with E-state index in [-0.39, 0.29) is 13.1 Å². The molecule has 0 aromatic rings. The Kier molecular flexibility index (Phi) is 17.2. The van der Waals surface area contributed by atoms with Gasteiger partial charge in [0.25, 0.3) is 6.47 Å². The Morgan fingerprint density at radius 2 is 1.42 bits per heavy atom. The van der Waals surface area contributed by atoms with Crippen LogP contribution in [0.25, 0.3) is 0 Å². The lowest BCUT2D eigenvalue weighted by Gasteiger charge is -2.14. The number of hydrogen-bond acceptors (Lipinski definition) is 8. The summed E-state index contributed by atoms with van der Waals surface area (Å²) in [5.74, 6) is -0.528. The molecule has 0 saturated heterocycles. The second-order valence-electron chi connectivity index (χ2n) is 4.95. The zero-order valence-electron chi connectivity index (χ0n) is 14.7. The molecule has 0 aliphatic carbocycles. The van der Waals surface area contributed by atoms with E-state index in [1.54, 1.807) is 14.2 Å². The monoisotopic (exact) mass is 350 g/mol. The van der Waals surface area contributed by atoms with Gasteiger partial charge in [-0.05, 0) is 25.7 Å². The summed E-state index contributed by atoms with van der Waals surface area (Å²) in [6, 6.07) is 0. The van der Waals surface area contributed by atoms with Crippen molar-refractivity contribution in [1.82, 2.24) is 0 Å². The van der Waals surface area contributed by atoms with Crippen LogP contribution in [-0.2, 0) is 38.0 Å². The Bertz CT molecular complexity index is 298. The van der Waals surface area contributed by atoms with Crippen LogP contribution >= 0.6 is 0 Å². The van der Waals surface area contributed by atoms with Gasteiger partial charge in [-0.15, -0.1) is 0 Å². The van der Waals surface area contributed by atoms with E-state index in [1.807, 2.05) is 0 Å². The highest BCUT2D eigenvalue weighted by Gasteiger charge is 2.20. The molecule has 1 unspecified atom stereocenters. The van der Waals surface area contributed by atoms with Gasteiger partial charge in [0.1, 0.15) is 0 Å². The molecule has 0 aliphatic heterocycles. The summed E-state index contributed by atoms with van der Waals surface area (Å²) in [5.41, 5.74) is 0. The zero-order valence-corrected chi connectivity index (χ0v) is 14.7. The summed E-state index contributed by atoms with van der Waals surface area (Å²) < 4.78 is 30.2. The quantitative estimate of drug-likeness (QED) is 0.205. The first kappa shape index (κ1) is 22.8. The molecule has 0 saturated carbocycles. The lowest BCUT2D eigenvalue weighted by Crippen LogP contribution is -2.27. The number of hydrogen-bond donors (Lipinski definition) is 0. The van der Waals surface area contributed by atoms with E-state index in [2.05, 4.69) is 0 Å². The summed E-state index contributed by atoms with van der Waals surface area (Å²) in [7, 11) is 3.21. The second-order valence-corrected chi connectivity index (χ2v) is 4.95. The Hall–Kier alpha value is -1.22. The fraction of sp³-hybridized carbons (Fsp3) is 0.875. The normalized spacial score (nSPS) is 11.9. The van der Waals surface area contributed by atoms with Gasteiger partial charge < -0.3 is 28.4 Å². The average Bonchev–Trinajstić information content (AvgIpc) is 2.59. The van der Waals surface area contributed by atoms with Crippen molar-refractivity contribution in [3.05, 3.63) is 0 Å². The summed E-state index contributed by atoms with van der Waals surface area (Å²) >= 11 is 0. The van der Waals surface area contributed by atoms with Gasteiger partial charge in [-0.25, -0.2) is 4.79 Å². The molecule has 0 N–H and O–H groups in total. The maximum absolute atomic E-state index is 11.9. The molecule has 0 aliphatic rings. The Morgan fingerprint density at radius 3 is 2.00 bits per heavy atom. The maximum Gasteiger partial charge on any atom is 0.347 e. The molecule has 0 amide bonds. The number of esters is 1. The van der Waals surface area contributed by atoms with Crippen molar-refractivity contribution in [2.45, 2.75) is 31.8 Å². The smallest absolute Gasteiger partial charge is 0.347 e. The third-order valence-corrected chi connectivity index (χ3v) is 3.03. The van der Waals surface area contributed by atoms with E-state index in [0.29, 0.717) is 58.9 Å². The van der Waals surface area contributed by atoms with Crippen molar-refractivity contribution in [2.24, 2.45) is 0 Å². The molecule has 24 heavy (non-hydrogen) atoms. The topological polar surface area (TPSA) is 89.5 Å². The van der Waals surface area contributed by atoms with Crippen molar-refractivity contribution >= 4 is 12.4 Å². The van der Waals surface area contributed by atoms with Gasteiger partial charge in [-0.1, -0.05) is 0 Å². The molecule has 142 valence electrons. The minimum absolute atomic E-state index is 0.265. The van der Waals surface area contributed by atoms with Crippen molar-refractivity contribution in [3.63, 3.8) is 0 Å². The predicted octanol–water partition coefficient (Wildman–Crippen LogP) is 0.958. The summed E-state index contributed by atoms with van der Waals surface area (Å²) in [5, 5.41) is 0. The summed E-state index contributed by atoms with van der Waals surface area (Å²) in [6.45, 7) is 3.73. The van der Waals surface area contributed by atoms with Crippen LogP contribution in [0.1, 0.15) is 25.7 Å². The Morgan fingerprint density at radius 1 is 0.833 bits per heavy atom. The van der Waals surface area contributed by atoms with Crippen LogP contribution < -0.4 is 0 Å². The molecule has 0 bridgehead atoms. The SMILES string of the molecule is COCCOCCCCOC(=O)C(CCCOCCOC)OC=O. The van der Waals surface area contributed by atoms with Crippen LogP contribution in [0.4, 0.5) is 0 Å². The van der Waals surface area contributed by atoms with E-state index in [0.717, 1.165) is 6.42 Å². The molecule has 0 heterocycles. The highest BCUT2D eigenvalue weighted by Crippen LogP contribution is 2.05. The van der Waals surface area contributed by atoms with Gasteiger partial charge in [-0.3, -0.25) is 4.79 Å². The van der Waals surface area contributed by atoms with E-state index in [4.69, 9.17) is 28.4 Å². The molecular weight excluding hydrogens is 320 g/mol. The third-order valence-electron chi connectivity index (χ3n) is 3.03. The molecule has 8 heteroatoms. The zero-order chi connectivity index (χ0) is 17.9. The van der Waals surface area contributed by atoms with Crippen molar-refractivity contribution in [2.75, 3.05) is 60.5 Å². The first-order valence-corrected chi connectivity index (χ1v) is 8.15. The summed E-state index contributed by atoms with van der Waals surface area (Å²) in [6.07, 6.45) is 1.54. The van der Waals surface area contributed by atoms with Crippen LogP contribution in [-0.4, -0.2) is 79.0 Å². The lowest BCUT2D eigenvalue weighted by atomic mass is 10.2. The first-order valence-electron chi connectivity index (χ1n) is 8.15. The summed E-state index contributed by atoms with van der Waals surface area (Å²) in [4.78, 5) is 22.3. The molecule has 0 aromatic carbocycles. The van der Waals surface area contributed by atoms with Gasteiger partial charge in [0.2, 0.25) is 0 Å². The molecular formula is C16H30O8. The van der Waals surface area contributed by atoms with Gasteiger partial charge in [0.15, 0.2) is 6.10 Å². The largest absolute Gasteiger partial charge is 0.463 e. The van der Waals surface area contributed by atoms with Crippen LogP contribution in [0.3, 0.4) is 0 Å². The van der Waals surface area contributed by atoms with E-state index in [1.165, 1.54) is 0 Å². The molecule has 1 atom stereocenters. The molecule has 0 radical (unpaired) electrons. The maximum atomic E-state index is 11.9. The number of unbranched alkanes of at least 4 members (excludes halogenated alkanes) is 1. The number of methoxy groups -OCH3 is 2. The number of carbonyl (C=O) groups is 2. The molecule has 0 aromatic heterocycles. The first-order chi connectivity index (χ1) is 11.8. The highest BCUT2D eigenvalue weighted by atomic mass is 16.6. The fourth-order valence-corrected chi connectivity index (χ4v) is 1.74. The van der Waals surface area contributed by atoms with Gasteiger partial charge in [0.05, 0.1) is 33.0 Å². The minimum Gasteiger partial charge on any atom is -0.463 e.